The SMILES string of the molecule is CC(C)(C)c1cc(CCC(=O)NCCCCN2CCOCC2)cc(C(C)(C)C)c1O. The number of ether oxygens (including phenoxy) is 1. The summed E-state index contributed by atoms with van der Waals surface area (Å²) in [6, 6.07) is 4.14. The Kier molecular flexibility index (Phi) is 8.74. The van der Waals surface area contributed by atoms with Crippen LogP contribution in [0.3, 0.4) is 0 Å². The number of hydrogen-bond donors (Lipinski definition) is 2. The van der Waals surface area contributed by atoms with E-state index in [9.17, 15) is 9.90 Å². The molecule has 0 bridgehead atoms. The molecular weight excluding hydrogens is 376 g/mol. The number of aryl methyl sites for hydroxylation is 1. The summed E-state index contributed by atoms with van der Waals surface area (Å²) in [4.78, 5) is 14.8. The van der Waals surface area contributed by atoms with Crippen molar-refractivity contribution >= 4 is 5.91 Å². The zero-order valence-corrected chi connectivity index (χ0v) is 19.9. The van der Waals surface area contributed by atoms with Crippen molar-refractivity contribution in [3.63, 3.8) is 0 Å². The molecule has 0 unspecified atom stereocenters. The van der Waals surface area contributed by atoms with Crippen molar-refractivity contribution in [3.8, 4) is 5.75 Å². The van der Waals surface area contributed by atoms with Crippen LogP contribution in [0.25, 0.3) is 0 Å². The van der Waals surface area contributed by atoms with Crippen LogP contribution in [0.4, 0.5) is 0 Å². The molecule has 5 nitrogen and oxygen atoms in total. The summed E-state index contributed by atoms with van der Waals surface area (Å²) < 4.78 is 5.37. The first-order valence-corrected chi connectivity index (χ1v) is 11.4. The van der Waals surface area contributed by atoms with Gasteiger partial charge in [-0.2, -0.15) is 0 Å². The van der Waals surface area contributed by atoms with Crippen LogP contribution >= 0.6 is 0 Å². The van der Waals surface area contributed by atoms with Crippen molar-refractivity contribution in [2.75, 3.05) is 39.4 Å². The van der Waals surface area contributed by atoms with Crippen molar-refractivity contribution in [3.05, 3.63) is 28.8 Å². The number of phenols is 1. The van der Waals surface area contributed by atoms with Crippen molar-refractivity contribution < 1.29 is 14.6 Å². The van der Waals surface area contributed by atoms with Crippen molar-refractivity contribution in [1.29, 1.82) is 0 Å². The Balaban J connectivity index is 1.84. The van der Waals surface area contributed by atoms with Gasteiger partial charge in [0.05, 0.1) is 13.2 Å². The third kappa shape index (κ3) is 7.59. The molecule has 1 amide bonds. The van der Waals surface area contributed by atoms with Gasteiger partial charge in [0, 0.05) is 26.1 Å². The normalized spacial score (nSPS) is 15.9. The number of aromatic hydroxyl groups is 1. The van der Waals surface area contributed by atoms with Gasteiger partial charge in [0.1, 0.15) is 5.75 Å². The number of nitrogens with one attached hydrogen (secondary N) is 1. The number of nitrogens with zero attached hydrogens (tertiary/aromatic N) is 1. The van der Waals surface area contributed by atoms with Gasteiger partial charge in [0.25, 0.3) is 0 Å². The minimum absolute atomic E-state index is 0.101. The molecule has 1 aromatic carbocycles. The van der Waals surface area contributed by atoms with Crippen LogP contribution in [0.1, 0.15) is 77.5 Å². The fourth-order valence-electron chi connectivity index (χ4n) is 3.84. The Morgan fingerprint density at radius 1 is 1.03 bits per heavy atom. The summed E-state index contributed by atoms with van der Waals surface area (Å²) in [5.41, 5.74) is 2.72. The molecule has 0 aromatic heterocycles. The lowest BCUT2D eigenvalue weighted by molar-refractivity contribution is -0.121. The van der Waals surface area contributed by atoms with E-state index in [0.29, 0.717) is 18.6 Å². The maximum Gasteiger partial charge on any atom is 0.220 e. The summed E-state index contributed by atoms with van der Waals surface area (Å²) >= 11 is 0. The Hall–Kier alpha value is -1.59. The zero-order chi connectivity index (χ0) is 22.4. The summed E-state index contributed by atoms with van der Waals surface area (Å²) in [5, 5.41) is 13.9. The predicted molar refractivity (Wildman–Crippen MR) is 123 cm³/mol. The van der Waals surface area contributed by atoms with Crippen LogP contribution < -0.4 is 5.32 Å². The predicted octanol–water partition coefficient (Wildman–Crippen LogP) is 4.15. The second-order valence-electron chi connectivity index (χ2n) is 10.6. The average molecular weight is 419 g/mol. The smallest absolute Gasteiger partial charge is 0.220 e. The average Bonchev–Trinajstić information content (AvgIpc) is 2.66. The first-order valence-electron chi connectivity index (χ1n) is 11.4. The van der Waals surface area contributed by atoms with Gasteiger partial charge in [-0.3, -0.25) is 9.69 Å². The van der Waals surface area contributed by atoms with Gasteiger partial charge in [-0.1, -0.05) is 53.7 Å². The van der Waals surface area contributed by atoms with Gasteiger partial charge in [-0.15, -0.1) is 0 Å². The molecule has 1 aliphatic rings. The Bertz CT molecular complexity index is 660. The lowest BCUT2D eigenvalue weighted by Gasteiger charge is -2.28. The van der Waals surface area contributed by atoms with E-state index in [0.717, 1.165) is 68.9 Å². The first kappa shape index (κ1) is 24.7. The number of amides is 1. The minimum Gasteiger partial charge on any atom is -0.507 e. The van der Waals surface area contributed by atoms with Crippen LogP contribution in [-0.2, 0) is 26.8 Å². The van der Waals surface area contributed by atoms with Gasteiger partial charge >= 0.3 is 0 Å². The van der Waals surface area contributed by atoms with E-state index in [1.54, 1.807) is 0 Å². The van der Waals surface area contributed by atoms with Gasteiger partial charge in [0.15, 0.2) is 0 Å². The lowest BCUT2D eigenvalue weighted by Crippen LogP contribution is -2.37. The zero-order valence-electron chi connectivity index (χ0n) is 19.9. The second kappa shape index (κ2) is 10.6. The number of hydrogen-bond acceptors (Lipinski definition) is 4. The molecule has 1 aliphatic heterocycles. The molecule has 2 rings (SSSR count). The number of phenolic OH excluding ortho intramolecular Hbond substituents is 1. The van der Waals surface area contributed by atoms with Crippen LogP contribution in [0.5, 0.6) is 5.75 Å². The summed E-state index contributed by atoms with van der Waals surface area (Å²) in [6.45, 7) is 18.2. The first-order chi connectivity index (χ1) is 14.0. The molecule has 0 radical (unpaired) electrons. The van der Waals surface area contributed by atoms with Crippen LogP contribution in [0, 0.1) is 0 Å². The van der Waals surface area contributed by atoms with Gasteiger partial charge < -0.3 is 15.2 Å². The fraction of sp³-hybridized carbons (Fsp3) is 0.720. The molecule has 5 heteroatoms. The topological polar surface area (TPSA) is 61.8 Å². The lowest BCUT2D eigenvalue weighted by atomic mass is 9.78. The molecule has 1 aromatic rings. The molecule has 0 saturated carbocycles. The number of carbonyl (C=O) groups is 1. The molecule has 170 valence electrons. The molecule has 1 saturated heterocycles. The second-order valence-corrected chi connectivity index (χ2v) is 10.6. The highest BCUT2D eigenvalue weighted by Gasteiger charge is 2.26. The van der Waals surface area contributed by atoms with E-state index >= 15 is 0 Å². The highest BCUT2D eigenvalue weighted by molar-refractivity contribution is 5.76. The molecule has 1 heterocycles. The molecular formula is C25H42N2O3. The number of unbranched alkanes of at least 4 members (excludes halogenated alkanes) is 1. The molecule has 0 spiro atoms. The standard InChI is InChI=1S/C25H42N2O3/c1-24(2,3)20-17-19(18-21(23(20)29)25(4,5)6)9-10-22(28)26-11-7-8-12-27-13-15-30-16-14-27/h17-18,29H,7-16H2,1-6H3,(H,26,28). The van der Waals surface area contributed by atoms with E-state index in [2.05, 4.69) is 63.9 Å². The minimum atomic E-state index is -0.150. The van der Waals surface area contributed by atoms with Gasteiger partial charge in [0.2, 0.25) is 5.91 Å². The largest absolute Gasteiger partial charge is 0.507 e. The van der Waals surface area contributed by atoms with E-state index in [1.165, 1.54) is 0 Å². The maximum atomic E-state index is 12.3. The van der Waals surface area contributed by atoms with Gasteiger partial charge in [-0.25, -0.2) is 0 Å². The molecule has 30 heavy (non-hydrogen) atoms. The molecule has 1 fully saturated rings. The molecule has 0 aliphatic carbocycles. The maximum absolute atomic E-state index is 12.3. The van der Waals surface area contributed by atoms with Crippen molar-refractivity contribution in [1.82, 2.24) is 10.2 Å². The quantitative estimate of drug-likeness (QED) is 0.623. The van der Waals surface area contributed by atoms with E-state index in [4.69, 9.17) is 4.74 Å². The van der Waals surface area contributed by atoms with E-state index < -0.39 is 0 Å². The van der Waals surface area contributed by atoms with E-state index in [-0.39, 0.29) is 16.7 Å². The number of carbonyl (C=O) groups excluding carboxylic acids is 1. The Morgan fingerprint density at radius 2 is 1.60 bits per heavy atom. The van der Waals surface area contributed by atoms with Crippen LogP contribution in [-0.4, -0.2) is 55.3 Å². The monoisotopic (exact) mass is 418 g/mol. The Morgan fingerprint density at radius 3 is 2.13 bits per heavy atom. The summed E-state index contributed by atoms with van der Waals surface area (Å²) in [5.74, 6) is 0.493. The highest BCUT2D eigenvalue weighted by atomic mass is 16.5. The molecule has 2 N–H and O–H groups in total. The number of rotatable bonds is 8. The molecule has 0 atom stereocenters. The van der Waals surface area contributed by atoms with Crippen LogP contribution in [0.15, 0.2) is 12.1 Å². The van der Waals surface area contributed by atoms with Crippen molar-refractivity contribution in [2.45, 2.75) is 78.1 Å². The van der Waals surface area contributed by atoms with Crippen LogP contribution in [0.2, 0.25) is 0 Å². The Labute approximate surface area is 183 Å². The van der Waals surface area contributed by atoms with Crippen molar-refractivity contribution in [2.24, 2.45) is 0 Å². The third-order valence-corrected chi connectivity index (χ3v) is 5.75. The summed E-state index contributed by atoms with van der Waals surface area (Å²) in [7, 11) is 0. The van der Waals surface area contributed by atoms with Gasteiger partial charge in [-0.05, 0) is 53.3 Å². The third-order valence-electron chi connectivity index (χ3n) is 5.75. The fourth-order valence-corrected chi connectivity index (χ4v) is 3.84. The summed E-state index contributed by atoms with van der Waals surface area (Å²) in [6.07, 6.45) is 3.26. The number of benzene rings is 1. The highest BCUT2D eigenvalue weighted by Crippen LogP contribution is 2.39. The van der Waals surface area contributed by atoms with E-state index in [1.807, 2.05) is 0 Å². The number of morpholine rings is 1.